The Morgan fingerprint density at radius 3 is 2.89 bits per heavy atom. The van der Waals surface area contributed by atoms with Crippen molar-refractivity contribution in [2.45, 2.75) is 38.1 Å². The van der Waals surface area contributed by atoms with Crippen LogP contribution in [-0.2, 0) is 4.79 Å². The third kappa shape index (κ3) is 3.12. The fraction of sp³-hybridized carbons (Fsp3) is 0.368. The topological polar surface area (TPSA) is 114 Å². The number of nitrogens with one attached hydrogen (secondary N) is 1. The van der Waals surface area contributed by atoms with E-state index in [0.29, 0.717) is 30.1 Å². The number of aromatic nitrogens is 4. The zero-order valence-corrected chi connectivity index (χ0v) is 14.9. The maximum absolute atomic E-state index is 11.0. The molecule has 0 bridgehead atoms. The summed E-state index contributed by atoms with van der Waals surface area (Å²) in [5, 5.41) is 20.8. The Bertz CT molecular complexity index is 1010. The lowest BCUT2D eigenvalue weighted by Crippen LogP contribution is -2.17. The molecule has 1 aliphatic rings. The van der Waals surface area contributed by atoms with Crippen LogP contribution < -0.4 is 11.1 Å². The second-order valence-electron chi connectivity index (χ2n) is 6.98. The Hall–Kier alpha value is -3.34. The highest BCUT2D eigenvalue weighted by Gasteiger charge is 2.27. The second kappa shape index (κ2) is 7.11. The molecule has 3 aromatic rings. The summed E-state index contributed by atoms with van der Waals surface area (Å²) in [6.07, 6.45) is 12.8. The molecule has 0 radical (unpaired) electrons. The summed E-state index contributed by atoms with van der Waals surface area (Å²) < 4.78 is 3.59. The molecule has 1 fully saturated rings. The highest BCUT2D eigenvalue weighted by molar-refractivity contribution is 5.94. The average Bonchev–Trinajstić information content (AvgIpc) is 3.40. The summed E-state index contributed by atoms with van der Waals surface area (Å²) in [4.78, 5) is 11.0. The fourth-order valence-electron chi connectivity index (χ4n) is 4.11. The molecule has 27 heavy (non-hydrogen) atoms. The smallest absolute Gasteiger partial charge is 0.211 e. The van der Waals surface area contributed by atoms with Crippen molar-refractivity contribution in [1.82, 2.24) is 19.4 Å². The van der Waals surface area contributed by atoms with Crippen molar-refractivity contribution in [3.05, 3.63) is 30.9 Å². The van der Waals surface area contributed by atoms with Crippen LogP contribution in [0.15, 0.2) is 30.9 Å². The molecule has 0 aromatic carbocycles. The van der Waals surface area contributed by atoms with Gasteiger partial charge in [-0.15, -0.1) is 0 Å². The van der Waals surface area contributed by atoms with Gasteiger partial charge < -0.3 is 11.1 Å². The summed E-state index contributed by atoms with van der Waals surface area (Å²) in [6, 6.07) is 4.20. The van der Waals surface area contributed by atoms with Crippen molar-refractivity contribution < 1.29 is 4.79 Å². The Labute approximate surface area is 156 Å². The molecule has 8 nitrogen and oxygen atoms in total. The molecular formula is C19H21N7O. The normalized spacial score (nSPS) is 15.7. The van der Waals surface area contributed by atoms with E-state index in [0.717, 1.165) is 29.5 Å². The van der Waals surface area contributed by atoms with Crippen LogP contribution in [0.4, 0.5) is 11.4 Å². The number of nitrogens with two attached hydrogens (primary N) is 1. The van der Waals surface area contributed by atoms with Gasteiger partial charge in [0.15, 0.2) is 0 Å². The maximum atomic E-state index is 11.0. The average molecular weight is 363 g/mol. The van der Waals surface area contributed by atoms with Crippen LogP contribution in [0.5, 0.6) is 0 Å². The van der Waals surface area contributed by atoms with E-state index in [1.165, 1.54) is 12.8 Å². The quantitative estimate of drug-likeness (QED) is 0.654. The molecule has 1 aliphatic carbocycles. The van der Waals surface area contributed by atoms with Crippen LogP contribution in [0.3, 0.4) is 0 Å². The number of fused-ring (bicyclic) bond motifs is 1. The Morgan fingerprint density at radius 2 is 2.15 bits per heavy atom. The number of amides is 1. The minimum Gasteiger partial charge on any atom is -0.397 e. The highest BCUT2D eigenvalue weighted by atomic mass is 16.1. The van der Waals surface area contributed by atoms with E-state index in [-0.39, 0.29) is 6.04 Å². The van der Waals surface area contributed by atoms with Gasteiger partial charge in [0.05, 0.1) is 54.0 Å². The minimum atomic E-state index is 0.0726. The van der Waals surface area contributed by atoms with Crippen LogP contribution in [0.25, 0.3) is 16.6 Å². The number of hydrogen-bond acceptors (Lipinski definition) is 5. The van der Waals surface area contributed by atoms with Crippen LogP contribution >= 0.6 is 0 Å². The molecule has 4 rings (SSSR count). The molecule has 3 N–H and O–H groups in total. The number of nitrogens with zero attached hydrogens (tertiary/aromatic N) is 5. The van der Waals surface area contributed by atoms with E-state index < -0.39 is 0 Å². The van der Waals surface area contributed by atoms with Crippen molar-refractivity contribution in [3.63, 3.8) is 0 Å². The van der Waals surface area contributed by atoms with E-state index in [1.807, 2.05) is 16.9 Å². The number of carbonyl (C=O) groups is 1. The molecule has 8 heteroatoms. The lowest BCUT2D eigenvalue weighted by molar-refractivity contribution is -0.105. The number of anilines is 2. The zero-order chi connectivity index (χ0) is 18.8. The molecule has 0 spiro atoms. The predicted octanol–water partition coefficient (Wildman–Crippen LogP) is 2.99. The van der Waals surface area contributed by atoms with Crippen LogP contribution in [0, 0.1) is 17.2 Å². The molecule has 1 atom stereocenters. The molecule has 1 amide bonds. The fourth-order valence-corrected chi connectivity index (χ4v) is 4.11. The first-order valence-corrected chi connectivity index (χ1v) is 9.09. The summed E-state index contributed by atoms with van der Waals surface area (Å²) >= 11 is 0. The summed E-state index contributed by atoms with van der Waals surface area (Å²) in [7, 11) is 0. The third-order valence-corrected chi connectivity index (χ3v) is 5.35. The van der Waals surface area contributed by atoms with Gasteiger partial charge in [-0.3, -0.25) is 9.48 Å². The van der Waals surface area contributed by atoms with Gasteiger partial charge in [0, 0.05) is 17.3 Å². The monoisotopic (exact) mass is 363 g/mol. The first-order valence-electron chi connectivity index (χ1n) is 9.09. The summed E-state index contributed by atoms with van der Waals surface area (Å²) in [5.74, 6) is 0.478. The molecule has 1 unspecified atom stereocenters. The summed E-state index contributed by atoms with van der Waals surface area (Å²) in [6.45, 7) is 0. The van der Waals surface area contributed by atoms with E-state index in [1.54, 1.807) is 23.1 Å². The van der Waals surface area contributed by atoms with Gasteiger partial charge in [-0.2, -0.15) is 15.5 Å². The van der Waals surface area contributed by atoms with Gasteiger partial charge in [0.2, 0.25) is 6.41 Å². The molecule has 138 valence electrons. The van der Waals surface area contributed by atoms with Gasteiger partial charge in [-0.05, 0) is 24.8 Å². The predicted molar refractivity (Wildman–Crippen MR) is 102 cm³/mol. The zero-order valence-electron chi connectivity index (χ0n) is 14.9. The lowest BCUT2D eigenvalue weighted by atomic mass is 9.96. The second-order valence-corrected chi connectivity index (χ2v) is 6.98. The lowest BCUT2D eigenvalue weighted by Gasteiger charge is -2.21. The number of carbonyl (C=O) groups excluding carboxylic acids is 1. The minimum absolute atomic E-state index is 0.0726. The Balaban J connectivity index is 1.79. The molecule has 0 saturated heterocycles. The maximum Gasteiger partial charge on any atom is 0.211 e. The number of nitriles is 1. The first kappa shape index (κ1) is 17.1. The highest BCUT2D eigenvalue weighted by Crippen LogP contribution is 2.38. The van der Waals surface area contributed by atoms with E-state index >= 15 is 0 Å². The molecular weight excluding hydrogens is 342 g/mol. The van der Waals surface area contributed by atoms with Crippen LogP contribution in [-0.4, -0.2) is 25.8 Å². The number of rotatable bonds is 6. The Morgan fingerprint density at radius 1 is 1.33 bits per heavy atom. The number of nitrogen functional groups attached to an aromatic ring is 1. The van der Waals surface area contributed by atoms with Gasteiger partial charge in [-0.25, -0.2) is 4.52 Å². The van der Waals surface area contributed by atoms with Gasteiger partial charge in [-0.1, -0.05) is 12.8 Å². The van der Waals surface area contributed by atoms with Gasteiger partial charge >= 0.3 is 0 Å². The van der Waals surface area contributed by atoms with Gasteiger partial charge in [0.1, 0.15) is 0 Å². The van der Waals surface area contributed by atoms with Crippen molar-refractivity contribution in [2.24, 2.45) is 5.92 Å². The van der Waals surface area contributed by atoms with Crippen LogP contribution in [0.2, 0.25) is 0 Å². The van der Waals surface area contributed by atoms with E-state index in [4.69, 9.17) is 5.73 Å². The molecule has 0 aliphatic heterocycles. The molecule has 1 saturated carbocycles. The van der Waals surface area contributed by atoms with Crippen molar-refractivity contribution >= 4 is 23.3 Å². The first-order chi connectivity index (χ1) is 13.2. The van der Waals surface area contributed by atoms with Gasteiger partial charge in [0.25, 0.3) is 0 Å². The van der Waals surface area contributed by atoms with E-state index in [2.05, 4.69) is 21.6 Å². The molecule has 3 aromatic heterocycles. The van der Waals surface area contributed by atoms with Crippen molar-refractivity contribution in [2.75, 3.05) is 11.1 Å². The van der Waals surface area contributed by atoms with Crippen molar-refractivity contribution in [3.8, 4) is 17.2 Å². The third-order valence-electron chi connectivity index (χ3n) is 5.35. The summed E-state index contributed by atoms with van der Waals surface area (Å²) in [5.41, 5.74) is 9.56. The van der Waals surface area contributed by atoms with Crippen LogP contribution in [0.1, 0.15) is 38.1 Å². The SMILES string of the molecule is N#CCC(C1CCCC1)n1cc(-c2c(NC=O)cnn3cc(N)cc23)cn1. The number of hydrogen-bond donors (Lipinski definition) is 2. The van der Waals surface area contributed by atoms with E-state index in [9.17, 15) is 10.1 Å². The standard InChI is InChI=1S/C19H21N7O/c20-6-5-17(13-3-1-2-4-13)25-10-14(8-23-25)19-16(22-12-27)9-24-26-11-15(21)7-18(19)26/h7-13,17H,1-5,21H2,(H,22,27). The van der Waals surface area contributed by atoms with Crippen molar-refractivity contribution in [1.29, 1.82) is 5.26 Å². The Kier molecular flexibility index (Phi) is 4.50. The largest absolute Gasteiger partial charge is 0.397 e. The molecule has 3 heterocycles.